The quantitative estimate of drug-likeness (QED) is 0.210. The summed E-state index contributed by atoms with van der Waals surface area (Å²) in [5.74, 6) is 0. The maximum Gasteiger partial charge on any atom is 0.416 e. The molecule has 2 aliphatic rings. The molecule has 6 nitrogen and oxygen atoms in total. The predicted octanol–water partition coefficient (Wildman–Crippen LogP) is 8.22. The number of allylic oxidation sites excluding steroid dienone is 8. The summed E-state index contributed by atoms with van der Waals surface area (Å²) in [5, 5.41) is 59.2. The molecule has 0 fully saturated rings. The molecule has 0 spiro atoms. The minimum atomic E-state index is -4.78. The average Bonchev–Trinajstić information content (AvgIpc) is 3.53. The highest BCUT2D eigenvalue weighted by atomic mass is 19.4. The molecule has 3 aromatic carbocycles. The zero-order valence-corrected chi connectivity index (χ0v) is 22.7. The molecular formula is C34H10F6N6. The molecule has 0 N–H and O–H groups in total. The highest BCUT2D eigenvalue weighted by Crippen LogP contribution is 2.52. The van der Waals surface area contributed by atoms with Crippen molar-refractivity contribution < 1.29 is 26.3 Å². The number of fused-ring (bicyclic) bond motifs is 2. The molecule has 0 amide bonds. The van der Waals surface area contributed by atoms with Gasteiger partial charge in [-0.1, -0.05) is 30.3 Å². The molecule has 12 heteroatoms. The lowest BCUT2D eigenvalue weighted by atomic mass is 9.88. The van der Waals surface area contributed by atoms with Crippen LogP contribution in [0.4, 0.5) is 26.3 Å². The average molecular weight is 616 g/mol. The van der Waals surface area contributed by atoms with Crippen molar-refractivity contribution in [3.63, 3.8) is 0 Å². The van der Waals surface area contributed by atoms with E-state index >= 15 is 0 Å². The normalized spacial score (nSPS) is 13.5. The van der Waals surface area contributed by atoms with Crippen LogP contribution in [0.2, 0.25) is 0 Å². The second-order valence-corrected chi connectivity index (χ2v) is 9.77. The Balaban J connectivity index is 1.84. The largest absolute Gasteiger partial charge is 0.416 e. The predicted molar refractivity (Wildman–Crippen MR) is 150 cm³/mol. The Labute approximate surface area is 256 Å². The molecule has 0 aliphatic heterocycles. The summed E-state index contributed by atoms with van der Waals surface area (Å²) < 4.78 is 81.6. The topological polar surface area (TPSA) is 143 Å². The van der Waals surface area contributed by atoms with Gasteiger partial charge in [0.25, 0.3) is 0 Å². The SMILES string of the molecule is N#CC(C#N)=C1C(c2cccc(C3=C(C#N)c4cc(C(F)(F)F)ccc4C3=C(C#N)C#N)c2)=C(C#N)c2cc(C(F)(F)F)ccc21. The Morgan fingerprint density at radius 1 is 0.478 bits per heavy atom. The molecule has 0 saturated carbocycles. The van der Waals surface area contributed by atoms with Crippen molar-refractivity contribution in [2.75, 3.05) is 0 Å². The molecular weight excluding hydrogens is 606 g/mol. The number of alkyl halides is 6. The molecule has 0 bridgehead atoms. The van der Waals surface area contributed by atoms with Gasteiger partial charge >= 0.3 is 12.4 Å². The van der Waals surface area contributed by atoms with Gasteiger partial charge < -0.3 is 0 Å². The van der Waals surface area contributed by atoms with Crippen LogP contribution in [0.1, 0.15) is 44.5 Å². The van der Waals surface area contributed by atoms with Gasteiger partial charge in [0.15, 0.2) is 0 Å². The van der Waals surface area contributed by atoms with Crippen LogP contribution in [0.25, 0.3) is 33.4 Å². The molecule has 0 aromatic heterocycles. The van der Waals surface area contributed by atoms with Gasteiger partial charge in [0.1, 0.15) is 47.6 Å². The van der Waals surface area contributed by atoms with E-state index in [0.29, 0.717) is 0 Å². The van der Waals surface area contributed by atoms with Gasteiger partial charge in [0, 0.05) is 33.4 Å². The van der Waals surface area contributed by atoms with Gasteiger partial charge in [-0.15, -0.1) is 0 Å². The van der Waals surface area contributed by atoms with Crippen molar-refractivity contribution in [1.29, 1.82) is 31.6 Å². The highest BCUT2D eigenvalue weighted by molar-refractivity contribution is 6.28. The number of halogens is 6. The number of hydrogen-bond donors (Lipinski definition) is 0. The van der Waals surface area contributed by atoms with Gasteiger partial charge in [-0.3, -0.25) is 0 Å². The number of benzene rings is 3. The molecule has 0 saturated heterocycles. The molecule has 218 valence electrons. The minimum Gasteiger partial charge on any atom is -0.192 e. The van der Waals surface area contributed by atoms with Crippen LogP contribution >= 0.6 is 0 Å². The molecule has 2 aliphatic carbocycles. The first-order valence-electron chi connectivity index (χ1n) is 12.8. The lowest BCUT2D eigenvalue weighted by Crippen LogP contribution is -2.05. The van der Waals surface area contributed by atoms with E-state index in [1.807, 2.05) is 12.1 Å². The fourth-order valence-electron chi connectivity index (χ4n) is 5.51. The maximum atomic E-state index is 13.6. The lowest BCUT2D eigenvalue weighted by Gasteiger charge is -2.13. The van der Waals surface area contributed by atoms with E-state index in [1.165, 1.54) is 24.3 Å². The molecule has 3 aromatic rings. The lowest BCUT2D eigenvalue weighted by molar-refractivity contribution is -0.138. The smallest absolute Gasteiger partial charge is 0.192 e. The highest BCUT2D eigenvalue weighted by Gasteiger charge is 2.38. The Hall–Kier alpha value is -6.86. The van der Waals surface area contributed by atoms with Crippen molar-refractivity contribution in [1.82, 2.24) is 0 Å². The molecule has 5 rings (SSSR count). The van der Waals surface area contributed by atoms with E-state index in [1.54, 1.807) is 24.3 Å². The van der Waals surface area contributed by atoms with E-state index in [-0.39, 0.29) is 66.8 Å². The van der Waals surface area contributed by atoms with Gasteiger partial charge in [0.2, 0.25) is 0 Å². The van der Waals surface area contributed by atoms with E-state index < -0.39 is 34.6 Å². The summed E-state index contributed by atoms with van der Waals surface area (Å²) >= 11 is 0. The van der Waals surface area contributed by atoms with Crippen LogP contribution in [-0.2, 0) is 12.4 Å². The zero-order valence-electron chi connectivity index (χ0n) is 22.7. The van der Waals surface area contributed by atoms with Crippen LogP contribution in [0.5, 0.6) is 0 Å². The first-order chi connectivity index (χ1) is 21.8. The summed E-state index contributed by atoms with van der Waals surface area (Å²) in [7, 11) is 0. The van der Waals surface area contributed by atoms with Crippen LogP contribution < -0.4 is 0 Å². The summed E-state index contributed by atoms with van der Waals surface area (Å²) in [6.07, 6.45) is -9.55. The Kier molecular flexibility index (Phi) is 7.32. The van der Waals surface area contributed by atoms with Crippen LogP contribution in [-0.4, -0.2) is 0 Å². The van der Waals surface area contributed by atoms with Crippen molar-refractivity contribution >= 4 is 33.4 Å². The summed E-state index contributed by atoms with van der Waals surface area (Å²) in [6.45, 7) is 0. The molecule has 46 heavy (non-hydrogen) atoms. The number of hydrogen-bond acceptors (Lipinski definition) is 6. The van der Waals surface area contributed by atoms with E-state index in [0.717, 1.165) is 36.4 Å². The fraction of sp³-hybridized carbons (Fsp3) is 0.0588. The van der Waals surface area contributed by atoms with Crippen LogP contribution in [0.15, 0.2) is 71.8 Å². The standard InChI is InChI=1S/C34H10F6N6/c35-33(36,37)21-4-6-23-25(9-21)27(15-45)29(31(23)19(11-41)12-42)17-2-1-3-18(8-17)30-28(16-46)26-10-22(34(38,39)40)5-7-24(26)32(30)20(13-43)14-44/h1-10H. The monoisotopic (exact) mass is 616 g/mol. The van der Waals surface area contributed by atoms with Crippen molar-refractivity contribution in [2.24, 2.45) is 0 Å². The Morgan fingerprint density at radius 2 is 0.848 bits per heavy atom. The number of rotatable bonds is 2. The molecule has 0 radical (unpaired) electrons. The second kappa shape index (κ2) is 11.0. The fourth-order valence-corrected chi connectivity index (χ4v) is 5.51. The van der Waals surface area contributed by atoms with Gasteiger partial charge in [-0.2, -0.15) is 57.9 Å². The third kappa shape index (κ3) is 4.74. The minimum absolute atomic E-state index is 0.0183. The van der Waals surface area contributed by atoms with Gasteiger partial charge in [0.05, 0.1) is 22.3 Å². The van der Waals surface area contributed by atoms with Crippen LogP contribution in [0, 0.1) is 68.0 Å². The van der Waals surface area contributed by atoms with Gasteiger partial charge in [-0.05, 0) is 52.6 Å². The Morgan fingerprint density at radius 3 is 1.15 bits per heavy atom. The van der Waals surface area contributed by atoms with E-state index in [2.05, 4.69) is 0 Å². The number of nitriles is 6. The molecule has 0 unspecified atom stereocenters. The van der Waals surface area contributed by atoms with Crippen molar-refractivity contribution in [2.45, 2.75) is 12.4 Å². The zero-order chi connectivity index (χ0) is 33.6. The van der Waals surface area contributed by atoms with Gasteiger partial charge in [-0.25, -0.2) is 0 Å². The maximum absolute atomic E-state index is 13.6. The van der Waals surface area contributed by atoms with E-state index in [4.69, 9.17) is 0 Å². The summed E-state index contributed by atoms with van der Waals surface area (Å²) in [6, 6.07) is 21.2. The van der Waals surface area contributed by atoms with E-state index in [9.17, 15) is 57.9 Å². The first-order valence-corrected chi connectivity index (χ1v) is 12.8. The van der Waals surface area contributed by atoms with Crippen molar-refractivity contribution in [3.05, 3.63) is 116 Å². The van der Waals surface area contributed by atoms with Crippen molar-refractivity contribution in [3.8, 4) is 36.4 Å². The third-order valence-electron chi connectivity index (χ3n) is 7.38. The second-order valence-electron chi connectivity index (χ2n) is 9.77. The van der Waals surface area contributed by atoms with Crippen LogP contribution in [0.3, 0.4) is 0 Å². The molecule has 0 atom stereocenters. The summed E-state index contributed by atoms with van der Waals surface area (Å²) in [4.78, 5) is 0. The Bertz CT molecular complexity index is 2100. The first kappa shape index (κ1) is 30.6. The third-order valence-corrected chi connectivity index (χ3v) is 7.38. The molecule has 0 heterocycles. The number of nitrogens with zero attached hydrogens (tertiary/aromatic N) is 6. The summed E-state index contributed by atoms with van der Waals surface area (Å²) in [5.41, 5.74) is -4.26.